The summed E-state index contributed by atoms with van der Waals surface area (Å²) in [7, 11) is -3.79. The molecule has 0 saturated heterocycles. The van der Waals surface area contributed by atoms with Gasteiger partial charge < -0.3 is 10.2 Å². The fourth-order valence-corrected chi connectivity index (χ4v) is 6.29. The Morgan fingerprint density at radius 2 is 1.50 bits per heavy atom. The van der Waals surface area contributed by atoms with Gasteiger partial charge in [0.15, 0.2) is 0 Å². The Kier molecular flexibility index (Phi) is 9.63. The summed E-state index contributed by atoms with van der Waals surface area (Å²) in [6.45, 7) is 3.54. The van der Waals surface area contributed by atoms with E-state index < -0.39 is 28.5 Å². The van der Waals surface area contributed by atoms with Crippen LogP contribution < -0.4 is 9.62 Å². The lowest BCUT2D eigenvalue weighted by Gasteiger charge is -2.34. The van der Waals surface area contributed by atoms with Gasteiger partial charge in [-0.15, -0.1) is 0 Å². The van der Waals surface area contributed by atoms with E-state index in [0.29, 0.717) is 12.1 Å². The Labute approximate surface area is 238 Å². The molecular weight excluding hydrogens is 522 g/mol. The standard InChI is InChI=1S/C32H39N3O4S/c1-24-18-19-29(25(2)20-24)35(40(3,38)39)23-31(36)34(22-27-14-8-5-9-15-27)30(21-26-12-6-4-7-13-26)32(37)33-28-16-10-11-17-28/h4-9,12-15,18-20,28,30H,10-11,16-17,21-23H2,1-3H3,(H,33,37)/t30-/m0/s1. The molecule has 1 atom stereocenters. The summed E-state index contributed by atoms with van der Waals surface area (Å²) in [5, 5.41) is 3.19. The van der Waals surface area contributed by atoms with Crippen molar-refractivity contribution in [3.05, 3.63) is 101 Å². The Hall–Kier alpha value is -3.65. The number of carbonyl (C=O) groups is 2. The highest BCUT2D eigenvalue weighted by atomic mass is 32.2. The topological polar surface area (TPSA) is 86.8 Å². The van der Waals surface area contributed by atoms with Crippen molar-refractivity contribution in [2.24, 2.45) is 0 Å². The molecule has 0 aliphatic heterocycles. The lowest BCUT2D eigenvalue weighted by Crippen LogP contribution is -2.54. The third-order valence-electron chi connectivity index (χ3n) is 7.47. The molecule has 4 rings (SSSR count). The predicted octanol–water partition coefficient (Wildman–Crippen LogP) is 4.77. The molecule has 40 heavy (non-hydrogen) atoms. The highest BCUT2D eigenvalue weighted by Gasteiger charge is 2.34. The van der Waals surface area contributed by atoms with Crippen LogP contribution in [0.3, 0.4) is 0 Å². The summed E-state index contributed by atoms with van der Waals surface area (Å²) in [6, 6.07) is 23.9. The van der Waals surface area contributed by atoms with E-state index in [-0.39, 0.29) is 18.5 Å². The van der Waals surface area contributed by atoms with Crippen LogP contribution in [0.4, 0.5) is 5.69 Å². The third kappa shape index (κ3) is 7.72. The quantitative estimate of drug-likeness (QED) is 0.366. The van der Waals surface area contributed by atoms with Crippen molar-refractivity contribution in [1.29, 1.82) is 0 Å². The highest BCUT2D eigenvalue weighted by molar-refractivity contribution is 7.92. The van der Waals surface area contributed by atoms with Crippen molar-refractivity contribution in [2.75, 3.05) is 17.1 Å². The van der Waals surface area contributed by atoms with Crippen LogP contribution in [0.5, 0.6) is 0 Å². The van der Waals surface area contributed by atoms with Gasteiger partial charge in [-0.05, 0) is 49.4 Å². The molecule has 1 aliphatic rings. The van der Waals surface area contributed by atoms with E-state index in [1.54, 1.807) is 11.0 Å². The van der Waals surface area contributed by atoms with Crippen LogP contribution in [-0.2, 0) is 32.6 Å². The van der Waals surface area contributed by atoms with Gasteiger partial charge in [-0.3, -0.25) is 13.9 Å². The molecule has 0 aromatic heterocycles. The lowest BCUT2D eigenvalue weighted by molar-refractivity contribution is -0.140. The van der Waals surface area contributed by atoms with Gasteiger partial charge in [-0.2, -0.15) is 0 Å². The largest absolute Gasteiger partial charge is 0.352 e. The first-order chi connectivity index (χ1) is 19.1. The molecule has 1 N–H and O–H groups in total. The van der Waals surface area contributed by atoms with Crippen LogP contribution in [0.25, 0.3) is 0 Å². The van der Waals surface area contributed by atoms with Gasteiger partial charge in [0.1, 0.15) is 12.6 Å². The van der Waals surface area contributed by atoms with Crippen LogP contribution in [0.15, 0.2) is 78.9 Å². The monoisotopic (exact) mass is 561 g/mol. The Morgan fingerprint density at radius 3 is 2.08 bits per heavy atom. The number of aryl methyl sites for hydroxylation is 2. The summed E-state index contributed by atoms with van der Waals surface area (Å²) in [5.41, 5.74) is 4.00. The van der Waals surface area contributed by atoms with Gasteiger partial charge in [0, 0.05) is 19.0 Å². The van der Waals surface area contributed by atoms with Crippen LogP contribution in [0, 0.1) is 13.8 Å². The second kappa shape index (κ2) is 13.1. The zero-order valence-electron chi connectivity index (χ0n) is 23.5. The molecule has 212 valence electrons. The van der Waals surface area contributed by atoms with Crippen molar-refractivity contribution in [2.45, 2.75) is 64.6 Å². The van der Waals surface area contributed by atoms with Crippen LogP contribution in [0.1, 0.15) is 47.9 Å². The average Bonchev–Trinajstić information content (AvgIpc) is 3.43. The molecule has 7 nitrogen and oxygen atoms in total. The molecule has 0 radical (unpaired) electrons. The number of benzene rings is 3. The molecule has 8 heteroatoms. The molecule has 2 amide bonds. The molecule has 1 aliphatic carbocycles. The second-order valence-corrected chi connectivity index (χ2v) is 12.7. The normalized spacial score (nSPS) is 14.5. The first-order valence-corrected chi connectivity index (χ1v) is 15.7. The number of hydrogen-bond acceptors (Lipinski definition) is 4. The van der Waals surface area contributed by atoms with Gasteiger partial charge in [0.05, 0.1) is 11.9 Å². The SMILES string of the molecule is Cc1ccc(N(CC(=O)N(Cc2ccccc2)[C@@H](Cc2ccccc2)C(=O)NC2CCCC2)S(C)(=O)=O)c(C)c1. The first-order valence-electron chi connectivity index (χ1n) is 13.8. The van der Waals surface area contributed by atoms with E-state index >= 15 is 0 Å². The maximum Gasteiger partial charge on any atom is 0.244 e. The van der Waals surface area contributed by atoms with Crippen molar-refractivity contribution < 1.29 is 18.0 Å². The van der Waals surface area contributed by atoms with Crippen LogP contribution in [0.2, 0.25) is 0 Å². The van der Waals surface area contributed by atoms with E-state index in [1.807, 2.05) is 86.6 Å². The molecule has 3 aromatic carbocycles. The van der Waals surface area contributed by atoms with Crippen molar-refractivity contribution >= 4 is 27.5 Å². The third-order valence-corrected chi connectivity index (χ3v) is 8.60. The average molecular weight is 562 g/mol. The zero-order valence-corrected chi connectivity index (χ0v) is 24.4. The van der Waals surface area contributed by atoms with E-state index in [2.05, 4.69) is 5.32 Å². The van der Waals surface area contributed by atoms with Crippen molar-refractivity contribution in [3.63, 3.8) is 0 Å². The van der Waals surface area contributed by atoms with E-state index in [9.17, 15) is 18.0 Å². The minimum Gasteiger partial charge on any atom is -0.352 e. The maximum atomic E-state index is 14.2. The minimum absolute atomic E-state index is 0.0853. The van der Waals surface area contributed by atoms with Crippen molar-refractivity contribution in [3.8, 4) is 0 Å². The van der Waals surface area contributed by atoms with E-state index in [1.165, 1.54) is 0 Å². The van der Waals surface area contributed by atoms with Gasteiger partial charge in [-0.25, -0.2) is 8.42 Å². The van der Waals surface area contributed by atoms with Crippen LogP contribution >= 0.6 is 0 Å². The number of nitrogens with zero attached hydrogens (tertiary/aromatic N) is 2. The molecule has 1 saturated carbocycles. The van der Waals surface area contributed by atoms with Crippen molar-refractivity contribution in [1.82, 2.24) is 10.2 Å². The summed E-state index contributed by atoms with van der Waals surface area (Å²) >= 11 is 0. The maximum absolute atomic E-state index is 14.2. The molecule has 0 heterocycles. The molecule has 0 bridgehead atoms. The lowest BCUT2D eigenvalue weighted by atomic mass is 10.0. The molecule has 0 spiro atoms. The first kappa shape index (κ1) is 29.3. The predicted molar refractivity (Wildman–Crippen MR) is 159 cm³/mol. The fourth-order valence-electron chi connectivity index (χ4n) is 5.38. The van der Waals surface area contributed by atoms with Gasteiger partial charge in [-0.1, -0.05) is 91.2 Å². The number of rotatable bonds is 11. The number of hydrogen-bond donors (Lipinski definition) is 1. The highest BCUT2D eigenvalue weighted by Crippen LogP contribution is 2.25. The second-order valence-electron chi connectivity index (χ2n) is 10.8. The van der Waals surface area contributed by atoms with E-state index in [0.717, 1.165) is 58.5 Å². The molecular formula is C32H39N3O4S. The van der Waals surface area contributed by atoms with Gasteiger partial charge in [0.2, 0.25) is 21.8 Å². The fraction of sp³-hybridized carbons (Fsp3) is 0.375. The molecule has 0 unspecified atom stereocenters. The molecule has 1 fully saturated rings. The summed E-state index contributed by atoms with van der Waals surface area (Å²) in [5.74, 6) is -0.644. The Bertz CT molecular complexity index is 1400. The number of anilines is 1. The van der Waals surface area contributed by atoms with Gasteiger partial charge >= 0.3 is 0 Å². The number of nitrogens with one attached hydrogen (secondary N) is 1. The van der Waals surface area contributed by atoms with Gasteiger partial charge in [0.25, 0.3) is 0 Å². The van der Waals surface area contributed by atoms with Crippen LogP contribution in [-0.4, -0.2) is 50.0 Å². The number of amides is 2. The summed E-state index contributed by atoms with van der Waals surface area (Å²) in [4.78, 5) is 29.6. The Morgan fingerprint density at radius 1 is 0.900 bits per heavy atom. The smallest absolute Gasteiger partial charge is 0.244 e. The summed E-state index contributed by atoms with van der Waals surface area (Å²) in [6.07, 6.45) is 5.41. The van der Waals surface area contributed by atoms with E-state index in [4.69, 9.17) is 0 Å². The Balaban J connectivity index is 1.72. The number of carbonyl (C=O) groups excluding carboxylic acids is 2. The molecule has 3 aromatic rings. The zero-order chi connectivity index (χ0) is 28.7. The number of sulfonamides is 1. The summed E-state index contributed by atoms with van der Waals surface area (Å²) < 4.78 is 27.1. The minimum atomic E-state index is -3.79.